The van der Waals surface area contributed by atoms with Crippen molar-refractivity contribution in [1.29, 1.82) is 0 Å². The van der Waals surface area contributed by atoms with Gasteiger partial charge in [-0.25, -0.2) is 0 Å². The first-order valence-electron chi connectivity index (χ1n) is 8.20. The van der Waals surface area contributed by atoms with Crippen LogP contribution in [0.1, 0.15) is 19.4 Å². The van der Waals surface area contributed by atoms with E-state index < -0.39 is 7.25 Å². The summed E-state index contributed by atoms with van der Waals surface area (Å²) in [5.74, 6) is 0.705. The van der Waals surface area contributed by atoms with E-state index in [1.807, 2.05) is 19.9 Å². The van der Waals surface area contributed by atoms with E-state index in [4.69, 9.17) is 15.0 Å². The molecule has 0 N–H and O–H groups in total. The number of hydrogen-bond donors (Lipinski definition) is 0. The van der Waals surface area contributed by atoms with Crippen molar-refractivity contribution in [2.75, 3.05) is 13.2 Å². The number of rotatable bonds is 6. The Morgan fingerprint density at radius 3 is 2.19 bits per heavy atom. The van der Waals surface area contributed by atoms with E-state index >= 15 is 0 Å². The standard InChI is InChI=1S/C17H20N2O2S.BF4/c1-4-20-15-11-17(16(21-5-2)10-14(15)19-18)22-13-8-6-12(3)7-9-13;2-1(3,4)5/h6-11,15H,4-5H2,1-3H3;/q;-1. The summed E-state index contributed by atoms with van der Waals surface area (Å²) in [5.41, 5.74) is 10.8. The van der Waals surface area contributed by atoms with Gasteiger partial charge in [0.25, 0.3) is 0 Å². The van der Waals surface area contributed by atoms with Crippen LogP contribution in [0.25, 0.3) is 5.53 Å². The first-order chi connectivity index (χ1) is 12.7. The highest BCUT2D eigenvalue weighted by Crippen LogP contribution is 2.35. The van der Waals surface area contributed by atoms with Gasteiger partial charge in [-0.05, 0) is 39.0 Å². The third-order valence-corrected chi connectivity index (χ3v) is 4.19. The van der Waals surface area contributed by atoms with E-state index in [0.29, 0.717) is 24.7 Å². The highest BCUT2D eigenvalue weighted by Gasteiger charge is 2.28. The molecule has 0 bridgehead atoms. The molecule has 1 unspecified atom stereocenters. The molecule has 0 spiro atoms. The van der Waals surface area contributed by atoms with Crippen molar-refractivity contribution in [3.05, 3.63) is 58.2 Å². The van der Waals surface area contributed by atoms with Gasteiger partial charge in [0.2, 0.25) is 0 Å². The van der Waals surface area contributed by atoms with E-state index in [1.165, 1.54) is 5.56 Å². The van der Waals surface area contributed by atoms with Crippen molar-refractivity contribution in [2.24, 2.45) is 0 Å². The summed E-state index contributed by atoms with van der Waals surface area (Å²) in [7, 11) is -6.00. The second kappa shape index (κ2) is 11.0. The van der Waals surface area contributed by atoms with Crippen LogP contribution >= 0.6 is 11.8 Å². The zero-order chi connectivity index (χ0) is 20.4. The second-order valence-corrected chi connectivity index (χ2v) is 6.40. The van der Waals surface area contributed by atoms with Gasteiger partial charge in [-0.1, -0.05) is 29.5 Å². The minimum atomic E-state index is -6.00. The normalized spacial score (nSPS) is 16.6. The zero-order valence-corrected chi connectivity index (χ0v) is 16.0. The van der Waals surface area contributed by atoms with Crippen LogP contribution in [-0.4, -0.2) is 37.1 Å². The second-order valence-electron chi connectivity index (χ2n) is 5.28. The summed E-state index contributed by atoms with van der Waals surface area (Å²) in [5, 5.41) is 0. The van der Waals surface area contributed by atoms with E-state index in [-0.39, 0.29) is 6.10 Å². The summed E-state index contributed by atoms with van der Waals surface area (Å²) in [6, 6.07) is 8.32. The molecule has 27 heavy (non-hydrogen) atoms. The van der Waals surface area contributed by atoms with Crippen molar-refractivity contribution in [3.8, 4) is 0 Å². The average Bonchev–Trinajstić information content (AvgIpc) is 2.58. The largest absolute Gasteiger partial charge is 0.673 e. The molecule has 0 fully saturated rings. The third kappa shape index (κ3) is 8.95. The van der Waals surface area contributed by atoms with Crippen LogP contribution in [0.4, 0.5) is 17.3 Å². The van der Waals surface area contributed by atoms with Crippen LogP contribution in [0, 0.1) is 6.92 Å². The zero-order valence-electron chi connectivity index (χ0n) is 15.2. The molecule has 1 aromatic carbocycles. The fourth-order valence-electron chi connectivity index (χ4n) is 2.08. The van der Waals surface area contributed by atoms with Crippen LogP contribution in [-0.2, 0) is 9.47 Å². The Morgan fingerprint density at radius 1 is 1.11 bits per heavy atom. The van der Waals surface area contributed by atoms with Crippen molar-refractivity contribution in [3.63, 3.8) is 0 Å². The maximum absolute atomic E-state index is 9.75. The van der Waals surface area contributed by atoms with Crippen molar-refractivity contribution in [1.82, 2.24) is 0 Å². The summed E-state index contributed by atoms with van der Waals surface area (Å²) in [6.45, 7) is 7.00. The Hall–Kier alpha value is -2.03. The van der Waals surface area contributed by atoms with Crippen LogP contribution in [0.15, 0.2) is 52.0 Å². The Bertz CT molecular complexity index is 723. The minimum absolute atomic E-state index is 0.354. The summed E-state index contributed by atoms with van der Waals surface area (Å²) in [4.78, 5) is 5.41. The molecule has 0 radical (unpaired) electrons. The van der Waals surface area contributed by atoms with Gasteiger partial charge in [0.15, 0.2) is 6.10 Å². The molecule has 0 aromatic heterocycles. The molecule has 2 rings (SSSR count). The molecule has 0 amide bonds. The molecule has 0 saturated heterocycles. The smallest absolute Gasteiger partial charge is 0.492 e. The van der Waals surface area contributed by atoms with Gasteiger partial charge in [0.05, 0.1) is 17.6 Å². The third-order valence-electron chi connectivity index (χ3n) is 3.13. The van der Waals surface area contributed by atoms with Gasteiger partial charge in [0, 0.05) is 11.5 Å². The number of benzene rings is 1. The van der Waals surface area contributed by atoms with Crippen molar-refractivity contribution in [2.45, 2.75) is 31.8 Å². The van der Waals surface area contributed by atoms with Gasteiger partial charge in [0.1, 0.15) is 5.76 Å². The predicted molar refractivity (Wildman–Crippen MR) is 99.1 cm³/mol. The quantitative estimate of drug-likeness (QED) is 0.281. The van der Waals surface area contributed by atoms with Gasteiger partial charge in [-0.15, -0.1) is 0 Å². The number of halogens is 4. The molecule has 0 saturated carbocycles. The van der Waals surface area contributed by atoms with Crippen LogP contribution < -0.4 is 0 Å². The van der Waals surface area contributed by atoms with Crippen molar-refractivity contribution < 1.29 is 31.5 Å². The van der Waals surface area contributed by atoms with E-state index in [0.717, 1.165) is 9.80 Å². The summed E-state index contributed by atoms with van der Waals surface area (Å²) < 4.78 is 50.3. The maximum Gasteiger partial charge on any atom is 0.673 e. The fourth-order valence-corrected chi connectivity index (χ4v) is 3.01. The van der Waals surface area contributed by atoms with Crippen LogP contribution in [0.3, 0.4) is 0 Å². The summed E-state index contributed by atoms with van der Waals surface area (Å²) in [6.07, 6.45) is 3.32. The number of aryl methyl sites for hydroxylation is 1. The Balaban J connectivity index is 0.000000646. The summed E-state index contributed by atoms with van der Waals surface area (Å²) >= 11 is 1.61. The molecule has 148 valence electrons. The molecule has 1 aromatic rings. The lowest BCUT2D eigenvalue weighted by Crippen LogP contribution is -2.25. The SMILES string of the molecule is CCOC1=CC(=[N+]=[N-])C(OCC)C=C1Sc1ccc(C)cc1.F[B-](F)(F)F. The van der Waals surface area contributed by atoms with E-state index in [1.54, 1.807) is 17.8 Å². The van der Waals surface area contributed by atoms with Gasteiger partial charge in [-0.3, -0.25) is 0 Å². The van der Waals surface area contributed by atoms with Crippen LogP contribution in [0.5, 0.6) is 0 Å². The predicted octanol–water partition coefficient (Wildman–Crippen LogP) is 5.28. The lowest BCUT2D eigenvalue weighted by molar-refractivity contribution is -0.0221. The first kappa shape index (κ1) is 23.0. The number of thioether (sulfide) groups is 1. The number of nitrogens with zero attached hydrogens (tertiary/aromatic N) is 2. The van der Waals surface area contributed by atoms with Gasteiger partial charge < -0.3 is 32.3 Å². The molecule has 0 aliphatic heterocycles. The number of ether oxygens (including phenoxy) is 2. The molecular formula is C17H20BF4N2O2S-. The highest BCUT2D eigenvalue weighted by molar-refractivity contribution is 8.03. The average molecular weight is 403 g/mol. The van der Waals surface area contributed by atoms with Crippen molar-refractivity contribution >= 4 is 24.7 Å². The lowest BCUT2D eigenvalue weighted by atomic mass is 10.1. The lowest BCUT2D eigenvalue weighted by Gasteiger charge is -2.19. The topological polar surface area (TPSA) is 54.9 Å². The van der Waals surface area contributed by atoms with E-state index in [2.05, 4.69) is 36.0 Å². The van der Waals surface area contributed by atoms with Gasteiger partial charge in [-0.2, -0.15) is 4.79 Å². The first-order valence-corrected chi connectivity index (χ1v) is 9.01. The Morgan fingerprint density at radius 2 is 1.70 bits per heavy atom. The number of hydrogen-bond acceptors (Lipinski definition) is 3. The van der Waals surface area contributed by atoms with E-state index in [9.17, 15) is 17.3 Å². The maximum atomic E-state index is 9.75. The Labute approximate surface area is 160 Å². The minimum Gasteiger partial charge on any atom is -0.492 e. The molecule has 4 nitrogen and oxygen atoms in total. The van der Waals surface area contributed by atoms with Crippen LogP contribution in [0.2, 0.25) is 0 Å². The Kier molecular flexibility index (Phi) is 9.35. The molecule has 1 atom stereocenters. The fraction of sp³-hybridized carbons (Fsp3) is 0.353. The molecule has 10 heteroatoms. The monoisotopic (exact) mass is 403 g/mol. The molecule has 1 aliphatic rings. The molecule has 1 aliphatic carbocycles. The van der Waals surface area contributed by atoms with Gasteiger partial charge >= 0.3 is 13.0 Å². The molecule has 0 heterocycles. The highest BCUT2D eigenvalue weighted by atomic mass is 32.2. The molecular weight excluding hydrogens is 383 g/mol.